The van der Waals surface area contributed by atoms with Crippen molar-refractivity contribution in [2.75, 3.05) is 13.7 Å². The van der Waals surface area contributed by atoms with Crippen LogP contribution in [-0.2, 0) is 4.74 Å². The Bertz CT molecular complexity index is 598. The van der Waals surface area contributed by atoms with Crippen LogP contribution in [-0.4, -0.2) is 19.8 Å². The third kappa shape index (κ3) is 2.99. The van der Waals surface area contributed by atoms with Crippen LogP contribution < -0.4 is 5.32 Å². The zero-order valence-electron chi connectivity index (χ0n) is 13.2. The number of benzene rings is 1. The van der Waals surface area contributed by atoms with Crippen LogP contribution in [0.2, 0.25) is 0 Å². The van der Waals surface area contributed by atoms with Crippen LogP contribution in [0.5, 0.6) is 0 Å². The largest absolute Gasteiger partial charge is 0.459 e. The van der Waals surface area contributed by atoms with Gasteiger partial charge in [-0.25, -0.2) is 0 Å². The number of rotatable bonds is 6. The van der Waals surface area contributed by atoms with Crippen LogP contribution in [0.3, 0.4) is 0 Å². The number of hydrogen-bond donors (Lipinski definition) is 1. The van der Waals surface area contributed by atoms with Crippen molar-refractivity contribution in [3.05, 3.63) is 35.6 Å². The molecule has 1 saturated carbocycles. The van der Waals surface area contributed by atoms with Crippen LogP contribution in [0.15, 0.2) is 28.7 Å². The highest BCUT2D eigenvalue weighted by molar-refractivity contribution is 5.80. The molecule has 1 aliphatic carbocycles. The summed E-state index contributed by atoms with van der Waals surface area (Å²) in [6, 6.07) is 8.79. The molecule has 1 unspecified atom stereocenters. The lowest BCUT2D eigenvalue weighted by Gasteiger charge is -2.36. The second-order valence-corrected chi connectivity index (χ2v) is 6.13. The Kier molecular flexibility index (Phi) is 4.32. The highest BCUT2D eigenvalue weighted by atomic mass is 16.5. The van der Waals surface area contributed by atoms with Crippen LogP contribution in [0.25, 0.3) is 11.0 Å². The molecule has 3 heteroatoms. The molecule has 1 atom stereocenters. The van der Waals surface area contributed by atoms with Crippen LogP contribution in [0.1, 0.15) is 43.6 Å². The molecule has 1 heterocycles. The Labute approximate surface area is 126 Å². The molecule has 1 aromatic carbocycles. The molecule has 114 valence electrons. The van der Waals surface area contributed by atoms with E-state index < -0.39 is 0 Å². The number of nitrogens with one attached hydrogen (secondary N) is 1. The van der Waals surface area contributed by atoms with Gasteiger partial charge in [0, 0.05) is 12.0 Å². The van der Waals surface area contributed by atoms with Crippen LogP contribution >= 0.6 is 0 Å². The minimum absolute atomic E-state index is 0.296. The molecular weight excluding hydrogens is 262 g/mol. The fourth-order valence-corrected chi connectivity index (χ4v) is 3.35. The van der Waals surface area contributed by atoms with Gasteiger partial charge in [-0.2, -0.15) is 0 Å². The van der Waals surface area contributed by atoms with Gasteiger partial charge < -0.3 is 14.5 Å². The van der Waals surface area contributed by atoms with Crippen molar-refractivity contribution in [3.8, 4) is 0 Å². The molecule has 0 bridgehead atoms. The molecule has 0 aliphatic heterocycles. The maximum atomic E-state index is 6.10. The van der Waals surface area contributed by atoms with Gasteiger partial charge in [-0.3, -0.25) is 0 Å². The van der Waals surface area contributed by atoms with Crippen molar-refractivity contribution in [3.63, 3.8) is 0 Å². The molecule has 3 nitrogen and oxygen atoms in total. The number of aryl methyl sites for hydroxylation is 1. The van der Waals surface area contributed by atoms with E-state index in [1.165, 1.54) is 23.8 Å². The summed E-state index contributed by atoms with van der Waals surface area (Å²) >= 11 is 0. The summed E-state index contributed by atoms with van der Waals surface area (Å²) in [4.78, 5) is 0. The van der Waals surface area contributed by atoms with Crippen molar-refractivity contribution in [2.45, 2.75) is 45.3 Å². The summed E-state index contributed by atoms with van der Waals surface area (Å²) in [6.45, 7) is 5.00. The summed E-state index contributed by atoms with van der Waals surface area (Å²) in [5, 5.41) is 4.61. The van der Waals surface area contributed by atoms with E-state index in [4.69, 9.17) is 9.15 Å². The summed E-state index contributed by atoms with van der Waals surface area (Å²) in [5.41, 5.74) is 2.22. The molecule has 1 N–H and O–H groups in total. The number of fused-ring (bicyclic) bond motifs is 1. The third-order valence-electron chi connectivity index (χ3n) is 4.62. The fourth-order valence-electron chi connectivity index (χ4n) is 3.35. The van der Waals surface area contributed by atoms with Crippen molar-refractivity contribution in [1.82, 2.24) is 5.32 Å². The van der Waals surface area contributed by atoms with Gasteiger partial charge in [-0.05, 0) is 57.7 Å². The molecular formula is C18H25NO2. The predicted molar refractivity (Wildman–Crippen MR) is 85.5 cm³/mol. The zero-order valence-corrected chi connectivity index (χ0v) is 13.2. The number of ether oxygens (including phenoxy) is 1. The SMILES string of the molecule is CCOC1CC(CC(NC)c2cc3cccc(C)c3o2)C1. The van der Waals surface area contributed by atoms with Crippen molar-refractivity contribution >= 4 is 11.0 Å². The quantitative estimate of drug-likeness (QED) is 0.864. The number of furan rings is 1. The van der Waals surface area contributed by atoms with Crippen LogP contribution in [0.4, 0.5) is 0 Å². The molecule has 1 aromatic heterocycles. The summed E-state index contributed by atoms with van der Waals surface area (Å²) in [5.74, 6) is 1.80. The first-order chi connectivity index (χ1) is 10.2. The van der Waals surface area contributed by atoms with Crippen molar-refractivity contribution in [2.24, 2.45) is 5.92 Å². The van der Waals surface area contributed by atoms with Crippen molar-refractivity contribution < 1.29 is 9.15 Å². The lowest BCUT2D eigenvalue weighted by Crippen LogP contribution is -2.34. The summed E-state index contributed by atoms with van der Waals surface area (Å²) < 4.78 is 11.8. The first kappa shape index (κ1) is 14.6. The van der Waals surface area contributed by atoms with Gasteiger partial charge in [0.15, 0.2) is 0 Å². The molecule has 0 radical (unpaired) electrons. The number of hydrogen-bond acceptors (Lipinski definition) is 3. The van der Waals surface area contributed by atoms with Gasteiger partial charge in [-0.15, -0.1) is 0 Å². The number of para-hydroxylation sites is 1. The van der Waals surface area contributed by atoms with Gasteiger partial charge in [0.2, 0.25) is 0 Å². The Morgan fingerprint density at radius 3 is 2.86 bits per heavy atom. The van der Waals surface area contributed by atoms with Gasteiger partial charge >= 0.3 is 0 Å². The monoisotopic (exact) mass is 287 g/mol. The molecule has 0 saturated heterocycles. The first-order valence-corrected chi connectivity index (χ1v) is 7.99. The van der Waals surface area contributed by atoms with Gasteiger partial charge in [0.1, 0.15) is 11.3 Å². The Hall–Kier alpha value is -1.32. The topological polar surface area (TPSA) is 34.4 Å². The highest BCUT2D eigenvalue weighted by Crippen LogP contribution is 2.38. The predicted octanol–water partition coefficient (Wildman–Crippen LogP) is 4.21. The molecule has 0 spiro atoms. The maximum absolute atomic E-state index is 6.10. The maximum Gasteiger partial charge on any atom is 0.137 e. The summed E-state index contributed by atoms with van der Waals surface area (Å²) in [7, 11) is 2.02. The lowest BCUT2D eigenvalue weighted by molar-refractivity contribution is -0.0294. The lowest BCUT2D eigenvalue weighted by atomic mass is 9.78. The summed E-state index contributed by atoms with van der Waals surface area (Å²) in [6.07, 6.45) is 3.98. The van der Waals surface area contributed by atoms with Gasteiger partial charge in [-0.1, -0.05) is 18.2 Å². The smallest absolute Gasteiger partial charge is 0.137 e. The molecule has 21 heavy (non-hydrogen) atoms. The van der Waals surface area contributed by atoms with Gasteiger partial charge in [0.25, 0.3) is 0 Å². The van der Waals surface area contributed by atoms with E-state index in [0.717, 1.165) is 30.3 Å². The second-order valence-electron chi connectivity index (χ2n) is 6.13. The van der Waals surface area contributed by atoms with E-state index in [1.54, 1.807) is 0 Å². The molecule has 2 aromatic rings. The van der Waals surface area contributed by atoms with E-state index in [-0.39, 0.29) is 0 Å². The van der Waals surface area contributed by atoms with E-state index in [2.05, 4.69) is 43.4 Å². The molecule has 1 aliphatic rings. The Balaban J connectivity index is 1.69. The standard InChI is InChI=1S/C18H25NO2/c1-4-20-15-8-13(9-15)10-16(19-3)17-11-14-7-5-6-12(2)18(14)21-17/h5-7,11,13,15-16,19H,4,8-10H2,1-3H3. The Morgan fingerprint density at radius 1 is 1.38 bits per heavy atom. The van der Waals surface area contributed by atoms with Crippen LogP contribution in [0, 0.1) is 12.8 Å². The van der Waals surface area contributed by atoms with E-state index >= 15 is 0 Å². The first-order valence-electron chi connectivity index (χ1n) is 7.99. The fraction of sp³-hybridized carbons (Fsp3) is 0.556. The van der Waals surface area contributed by atoms with E-state index in [0.29, 0.717) is 12.1 Å². The van der Waals surface area contributed by atoms with E-state index in [9.17, 15) is 0 Å². The normalized spacial score (nSPS) is 23.2. The van der Waals surface area contributed by atoms with Gasteiger partial charge in [0.05, 0.1) is 12.1 Å². The molecule has 1 fully saturated rings. The Morgan fingerprint density at radius 2 is 2.19 bits per heavy atom. The average molecular weight is 287 g/mol. The van der Waals surface area contributed by atoms with Crippen molar-refractivity contribution in [1.29, 1.82) is 0 Å². The third-order valence-corrected chi connectivity index (χ3v) is 4.62. The molecule has 3 rings (SSSR count). The minimum atomic E-state index is 0.296. The highest BCUT2D eigenvalue weighted by Gasteiger charge is 2.32. The minimum Gasteiger partial charge on any atom is -0.459 e. The molecule has 0 amide bonds. The van der Waals surface area contributed by atoms with E-state index in [1.807, 2.05) is 7.05 Å². The average Bonchev–Trinajstić information content (AvgIpc) is 2.86. The second kappa shape index (κ2) is 6.20. The zero-order chi connectivity index (χ0) is 14.8.